The van der Waals surface area contributed by atoms with Crippen LogP contribution in [-0.2, 0) is 12.3 Å². The van der Waals surface area contributed by atoms with E-state index < -0.39 is 0 Å². The first-order chi connectivity index (χ1) is 8.31. The Kier molecular flexibility index (Phi) is 4.34. The summed E-state index contributed by atoms with van der Waals surface area (Å²) < 4.78 is 5.69. The number of nitrogens with zero attached hydrogens (tertiary/aromatic N) is 2. The van der Waals surface area contributed by atoms with Gasteiger partial charge in [-0.1, -0.05) is 0 Å². The highest BCUT2D eigenvalue weighted by Crippen LogP contribution is 2.19. The second-order valence-corrected chi connectivity index (χ2v) is 4.78. The van der Waals surface area contributed by atoms with Crippen LogP contribution in [0.2, 0.25) is 0 Å². The van der Waals surface area contributed by atoms with E-state index in [-0.39, 0.29) is 0 Å². The van der Waals surface area contributed by atoms with Crippen molar-refractivity contribution < 1.29 is 4.74 Å². The van der Waals surface area contributed by atoms with Gasteiger partial charge in [0.2, 0.25) is 0 Å². The van der Waals surface area contributed by atoms with Gasteiger partial charge in [0.25, 0.3) is 0 Å². The molecule has 0 saturated carbocycles. The number of hydrogen-bond acceptors (Lipinski definition) is 4. The molecule has 3 nitrogen and oxygen atoms in total. The lowest BCUT2D eigenvalue weighted by Crippen LogP contribution is -2.03. The lowest BCUT2D eigenvalue weighted by Gasteiger charge is -2.08. The number of ether oxygens (including phenoxy) is 1. The van der Waals surface area contributed by atoms with Crippen LogP contribution in [0.15, 0.2) is 24.0 Å². The molecule has 2 aromatic rings. The molecule has 0 N–H and O–H groups in total. The first kappa shape index (κ1) is 12.3. The highest BCUT2D eigenvalue weighted by atomic mass is 35.5. The largest absolute Gasteiger partial charge is 0.491 e. The Hall–Kier alpha value is -1.13. The van der Waals surface area contributed by atoms with Crippen molar-refractivity contribution in [2.24, 2.45) is 0 Å². The maximum Gasteiger partial charge on any atom is 0.141 e. The molecule has 2 rings (SSSR count). The number of aromatic nitrogens is 2. The van der Waals surface area contributed by atoms with Crippen molar-refractivity contribution in [3.63, 3.8) is 0 Å². The van der Waals surface area contributed by atoms with Crippen molar-refractivity contribution in [2.75, 3.05) is 6.61 Å². The molecule has 0 fully saturated rings. The average Bonchev–Trinajstić information content (AvgIpc) is 2.76. The maximum atomic E-state index is 5.82. The summed E-state index contributed by atoms with van der Waals surface area (Å²) in [6.07, 6.45) is 4.29. The van der Waals surface area contributed by atoms with Gasteiger partial charge in [0.1, 0.15) is 5.75 Å². The van der Waals surface area contributed by atoms with E-state index in [1.54, 1.807) is 23.7 Å². The van der Waals surface area contributed by atoms with Crippen LogP contribution in [-0.4, -0.2) is 16.6 Å². The van der Waals surface area contributed by atoms with Gasteiger partial charge in [0.05, 0.1) is 29.9 Å². The third-order valence-electron chi connectivity index (χ3n) is 2.45. The quantitative estimate of drug-likeness (QED) is 0.781. The molecule has 0 aliphatic carbocycles. The van der Waals surface area contributed by atoms with Crippen LogP contribution >= 0.6 is 22.9 Å². The monoisotopic (exact) mass is 268 g/mol. The van der Waals surface area contributed by atoms with E-state index in [0.29, 0.717) is 12.5 Å². The molecule has 0 bridgehead atoms. The summed E-state index contributed by atoms with van der Waals surface area (Å²) in [5.41, 5.74) is 3.92. The Morgan fingerprint density at radius 1 is 1.47 bits per heavy atom. The van der Waals surface area contributed by atoms with Crippen LogP contribution in [0.3, 0.4) is 0 Å². The van der Waals surface area contributed by atoms with Crippen molar-refractivity contribution in [3.05, 3.63) is 40.1 Å². The van der Waals surface area contributed by atoms with Gasteiger partial charge in [-0.3, -0.25) is 4.98 Å². The first-order valence-corrected chi connectivity index (χ1v) is 6.73. The van der Waals surface area contributed by atoms with Gasteiger partial charge in [-0.05, 0) is 13.0 Å². The van der Waals surface area contributed by atoms with Gasteiger partial charge in [-0.2, -0.15) is 0 Å². The lowest BCUT2D eigenvalue weighted by molar-refractivity contribution is 0.319. The SMILES string of the molecule is Cc1ncsc1CCOc1cnccc1CCl. The Balaban J connectivity index is 1.92. The number of hydrogen-bond donors (Lipinski definition) is 0. The van der Waals surface area contributed by atoms with Crippen LogP contribution in [0.1, 0.15) is 16.1 Å². The van der Waals surface area contributed by atoms with Crippen LogP contribution in [0.5, 0.6) is 5.75 Å². The number of aryl methyl sites for hydroxylation is 1. The van der Waals surface area contributed by atoms with Gasteiger partial charge in [-0.15, -0.1) is 22.9 Å². The minimum atomic E-state index is 0.442. The Bertz CT molecular complexity index is 487. The van der Waals surface area contributed by atoms with E-state index in [9.17, 15) is 0 Å². The summed E-state index contributed by atoms with van der Waals surface area (Å²) in [4.78, 5) is 9.50. The topological polar surface area (TPSA) is 35.0 Å². The number of halogens is 1. The van der Waals surface area contributed by atoms with E-state index in [1.165, 1.54) is 4.88 Å². The van der Waals surface area contributed by atoms with E-state index >= 15 is 0 Å². The zero-order valence-corrected chi connectivity index (χ0v) is 11.1. The van der Waals surface area contributed by atoms with Gasteiger partial charge < -0.3 is 4.74 Å². The van der Waals surface area contributed by atoms with E-state index in [4.69, 9.17) is 16.3 Å². The zero-order valence-electron chi connectivity index (χ0n) is 9.52. The molecule has 0 amide bonds. The predicted molar refractivity (Wildman–Crippen MR) is 69.8 cm³/mol. The number of alkyl halides is 1. The second kappa shape index (κ2) is 5.98. The molecule has 0 unspecified atom stereocenters. The normalized spacial score (nSPS) is 10.5. The van der Waals surface area contributed by atoms with Crippen molar-refractivity contribution in [1.82, 2.24) is 9.97 Å². The second-order valence-electron chi connectivity index (χ2n) is 3.58. The fourth-order valence-corrected chi connectivity index (χ4v) is 2.45. The predicted octanol–water partition coefficient (Wildman–Crippen LogP) is 3.21. The summed E-state index contributed by atoms with van der Waals surface area (Å²) in [7, 11) is 0. The molecule has 5 heteroatoms. The fourth-order valence-electron chi connectivity index (χ4n) is 1.47. The number of rotatable bonds is 5. The van der Waals surface area contributed by atoms with Crippen molar-refractivity contribution in [1.29, 1.82) is 0 Å². The molecule has 0 spiro atoms. The van der Waals surface area contributed by atoms with Gasteiger partial charge >= 0.3 is 0 Å². The highest BCUT2D eigenvalue weighted by molar-refractivity contribution is 7.09. The number of thiazole rings is 1. The summed E-state index contributed by atoms with van der Waals surface area (Å²) in [5.74, 6) is 1.21. The van der Waals surface area contributed by atoms with Gasteiger partial charge in [-0.25, -0.2) is 4.98 Å². The standard InChI is InChI=1S/C12H13ClN2OS/c1-9-12(17-8-15-9)3-5-16-11-7-14-4-2-10(11)6-13/h2,4,7-8H,3,5-6H2,1H3. The minimum Gasteiger partial charge on any atom is -0.491 e. The maximum absolute atomic E-state index is 5.82. The van der Waals surface area contributed by atoms with Crippen LogP contribution < -0.4 is 4.74 Å². The Morgan fingerprint density at radius 3 is 3.06 bits per heavy atom. The molecule has 0 saturated heterocycles. The molecule has 0 atom stereocenters. The third kappa shape index (κ3) is 3.17. The summed E-state index contributed by atoms with van der Waals surface area (Å²) >= 11 is 7.48. The smallest absolute Gasteiger partial charge is 0.141 e. The van der Waals surface area contributed by atoms with Gasteiger partial charge in [0.15, 0.2) is 0 Å². The van der Waals surface area contributed by atoms with Crippen molar-refractivity contribution in [3.8, 4) is 5.75 Å². The average molecular weight is 269 g/mol. The molecular weight excluding hydrogens is 256 g/mol. The van der Waals surface area contributed by atoms with Gasteiger partial charge in [0, 0.05) is 23.1 Å². The first-order valence-electron chi connectivity index (χ1n) is 5.32. The van der Waals surface area contributed by atoms with Crippen LogP contribution in [0, 0.1) is 6.92 Å². The molecular formula is C12H13ClN2OS. The molecule has 0 radical (unpaired) electrons. The number of pyridine rings is 1. The highest BCUT2D eigenvalue weighted by Gasteiger charge is 2.04. The zero-order chi connectivity index (χ0) is 12.1. The van der Waals surface area contributed by atoms with E-state index in [2.05, 4.69) is 9.97 Å². The molecule has 0 aliphatic heterocycles. The van der Waals surface area contributed by atoms with Crippen LogP contribution in [0.4, 0.5) is 0 Å². The molecule has 17 heavy (non-hydrogen) atoms. The summed E-state index contributed by atoms with van der Waals surface area (Å²) in [5, 5.41) is 0. The molecule has 2 aromatic heterocycles. The Morgan fingerprint density at radius 2 is 2.35 bits per heavy atom. The summed E-state index contributed by atoms with van der Waals surface area (Å²) in [6, 6.07) is 1.88. The molecule has 2 heterocycles. The summed E-state index contributed by atoms with van der Waals surface area (Å²) in [6.45, 7) is 2.64. The third-order valence-corrected chi connectivity index (χ3v) is 3.73. The Labute approximate surface area is 109 Å². The van der Waals surface area contributed by atoms with Crippen LogP contribution in [0.25, 0.3) is 0 Å². The fraction of sp³-hybridized carbons (Fsp3) is 0.333. The minimum absolute atomic E-state index is 0.442. The lowest BCUT2D eigenvalue weighted by atomic mass is 10.3. The van der Waals surface area contributed by atoms with Crippen molar-refractivity contribution >= 4 is 22.9 Å². The van der Waals surface area contributed by atoms with E-state index in [0.717, 1.165) is 23.4 Å². The van der Waals surface area contributed by atoms with Crippen molar-refractivity contribution in [2.45, 2.75) is 19.2 Å². The molecule has 0 aliphatic rings. The molecule has 0 aromatic carbocycles. The van der Waals surface area contributed by atoms with E-state index in [1.807, 2.05) is 18.5 Å². The molecule has 90 valence electrons.